The van der Waals surface area contributed by atoms with E-state index in [1.807, 2.05) is 50.0 Å². The second-order valence-electron chi connectivity index (χ2n) is 3.83. The minimum atomic E-state index is 1.07. The van der Waals surface area contributed by atoms with Crippen molar-refractivity contribution in [3.63, 3.8) is 0 Å². The van der Waals surface area contributed by atoms with Gasteiger partial charge in [0.1, 0.15) is 12.7 Å². The van der Waals surface area contributed by atoms with Gasteiger partial charge in [0.2, 0.25) is 0 Å². The van der Waals surface area contributed by atoms with Gasteiger partial charge in [-0.1, -0.05) is 6.07 Å². The molecule has 0 N–H and O–H groups in total. The van der Waals surface area contributed by atoms with Crippen molar-refractivity contribution in [1.29, 1.82) is 0 Å². The number of rotatable bonds is 0. The summed E-state index contributed by atoms with van der Waals surface area (Å²) < 4.78 is 3.67. The molecule has 0 saturated heterocycles. The second kappa shape index (κ2) is 8.57. The summed E-state index contributed by atoms with van der Waals surface area (Å²) in [5, 5.41) is 7.07. The van der Waals surface area contributed by atoms with Crippen LogP contribution in [0.4, 0.5) is 0 Å². The first kappa shape index (κ1) is 14.6. The summed E-state index contributed by atoms with van der Waals surface area (Å²) in [5.74, 6) is 0. The minimum Gasteiger partial charge on any atom is -0.341 e. The maximum Gasteiger partial charge on any atom is 0.119 e. The maximum atomic E-state index is 3.98. The van der Waals surface area contributed by atoms with Gasteiger partial charge in [0.25, 0.3) is 0 Å². The number of aryl methyl sites for hydroxylation is 3. The molecule has 0 bridgehead atoms. The van der Waals surface area contributed by atoms with Crippen LogP contribution in [-0.4, -0.2) is 29.3 Å². The number of hydrogen-bond acceptors (Lipinski definition) is 4. The number of imidazole rings is 1. The topological polar surface area (TPSA) is 61.4 Å². The molecule has 6 nitrogen and oxygen atoms in total. The van der Waals surface area contributed by atoms with Crippen LogP contribution in [0.15, 0.2) is 55.8 Å². The van der Waals surface area contributed by atoms with E-state index in [9.17, 15) is 0 Å². The van der Waals surface area contributed by atoms with Crippen molar-refractivity contribution in [1.82, 2.24) is 29.3 Å². The van der Waals surface area contributed by atoms with Gasteiger partial charge in [-0.3, -0.25) is 4.98 Å². The molecule has 3 aromatic heterocycles. The Morgan fingerprint density at radius 3 is 1.84 bits per heavy atom. The smallest absolute Gasteiger partial charge is 0.119 e. The van der Waals surface area contributed by atoms with E-state index in [4.69, 9.17) is 0 Å². The number of nitrogens with zero attached hydrogens (tertiary/aromatic N) is 6. The van der Waals surface area contributed by atoms with Crippen molar-refractivity contribution in [3.05, 3.63) is 61.5 Å². The van der Waals surface area contributed by atoms with E-state index in [2.05, 4.69) is 20.2 Å². The number of hydrogen-bond donors (Lipinski definition) is 0. The average molecular weight is 258 g/mol. The Balaban J connectivity index is 0.000000143. The van der Waals surface area contributed by atoms with Gasteiger partial charge in [0.05, 0.1) is 6.33 Å². The Bertz CT molecular complexity index is 483. The first-order valence-electron chi connectivity index (χ1n) is 5.76. The lowest BCUT2D eigenvalue weighted by atomic mass is 10.4. The molecule has 6 heteroatoms. The Labute approximate surface area is 112 Å². The van der Waals surface area contributed by atoms with Crippen LogP contribution < -0.4 is 0 Å². The molecule has 0 atom stereocenters. The fourth-order valence-electron chi connectivity index (χ4n) is 1.03. The molecular weight excluding hydrogens is 240 g/mol. The van der Waals surface area contributed by atoms with E-state index in [0.29, 0.717) is 0 Å². The van der Waals surface area contributed by atoms with E-state index in [-0.39, 0.29) is 0 Å². The Kier molecular flexibility index (Phi) is 6.57. The van der Waals surface area contributed by atoms with Crippen molar-refractivity contribution in [2.24, 2.45) is 14.1 Å². The quantitative estimate of drug-likeness (QED) is 0.615. The summed E-state index contributed by atoms with van der Waals surface area (Å²) in [4.78, 5) is 7.76. The fourth-order valence-corrected chi connectivity index (χ4v) is 1.03. The molecule has 3 heterocycles. The molecule has 0 fully saturated rings. The number of pyridine rings is 1. The van der Waals surface area contributed by atoms with Gasteiger partial charge in [-0.2, -0.15) is 0 Å². The fraction of sp³-hybridized carbons (Fsp3) is 0.231. The predicted octanol–water partition coefficient (Wildman–Crippen LogP) is 1.63. The number of aromatic nitrogens is 6. The van der Waals surface area contributed by atoms with Crippen LogP contribution in [0.3, 0.4) is 0 Å². The molecule has 0 aliphatic carbocycles. The van der Waals surface area contributed by atoms with Gasteiger partial charge in [-0.15, -0.1) is 10.2 Å². The summed E-state index contributed by atoms with van der Waals surface area (Å²) in [6.45, 7) is 1.97. The molecule has 0 amide bonds. The van der Waals surface area contributed by atoms with E-state index >= 15 is 0 Å². The van der Waals surface area contributed by atoms with Gasteiger partial charge in [-0.05, 0) is 19.1 Å². The third-order valence-electron chi connectivity index (χ3n) is 1.98. The monoisotopic (exact) mass is 258 g/mol. The molecule has 3 aromatic rings. The van der Waals surface area contributed by atoms with Gasteiger partial charge in [0.15, 0.2) is 0 Å². The van der Waals surface area contributed by atoms with Crippen LogP contribution in [-0.2, 0) is 14.1 Å². The summed E-state index contributed by atoms with van der Waals surface area (Å²) in [6, 6.07) is 5.86. The zero-order valence-electron chi connectivity index (χ0n) is 11.4. The maximum absolute atomic E-state index is 3.98. The van der Waals surface area contributed by atoms with Crippen LogP contribution in [0.5, 0.6) is 0 Å². The van der Waals surface area contributed by atoms with Gasteiger partial charge < -0.3 is 9.13 Å². The molecule has 0 spiro atoms. The third-order valence-corrected chi connectivity index (χ3v) is 1.98. The molecule has 0 unspecified atom stereocenters. The second-order valence-corrected chi connectivity index (χ2v) is 3.83. The van der Waals surface area contributed by atoms with Crippen molar-refractivity contribution < 1.29 is 0 Å². The predicted molar refractivity (Wildman–Crippen MR) is 73.2 cm³/mol. The summed E-state index contributed by atoms with van der Waals surface area (Å²) in [5.41, 5.74) is 1.07. The SMILES string of the molecule is Cc1ccccn1.Cn1ccnc1.Cn1cnnc1. The van der Waals surface area contributed by atoms with E-state index in [1.165, 1.54) is 0 Å². The molecule has 0 radical (unpaired) electrons. The highest BCUT2D eigenvalue weighted by atomic mass is 15.2. The largest absolute Gasteiger partial charge is 0.341 e. The Hall–Kier alpha value is -2.50. The molecule has 0 aliphatic rings. The van der Waals surface area contributed by atoms with Crippen molar-refractivity contribution in [2.45, 2.75) is 6.92 Å². The molecule has 100 valence electrons. The lowest BCUT2D eigenvalue weighted by Gasteiger charge is -1.82. The molecular formula is C13H18N6. The zero-order valence-corrected chi connectivity index (χ0v) is 11.4. The molecule has 3 rings (SSSR count). The van der Waals surface area contributed by atoms with Crippen molar-refractivity contribution >= 4 is 0 Å². The van der Waals surface area contributed by atoms with Crippen LogP contribution in [0, 0.1) is 6.92 Å². The molecule has 0 aromatic carbocycles. The highest BCUT2D eigenvalue weighted by Gasteiger charge is 1.73. The van der Waals surface area contributed by atoms with E-state index in [1.54, 1.807) is 35.9 Å². The minimum absolute atomic E-state index is 1.07. The first-order valence-corrected chi connectivity index (χ1v) is 5.76. The molecule has 0 saturated carbocycles. The van der Waals surface area contributed by atoms with Crippen LogP contribution in [0.2, 0.25) is 0 Å². The standard InChI is InChI=1S/C6H7N.C4H6N2.C3H5N3/c1-6-4-2-3-5-7-6;1-6-3-2-5-4-6;1-6-2-4-5-3-6/h2-5H,1H3;2-4H,1H3;2-3H,1H3. The van der Waals surface area contributed by atoms with Gasteiger partial charge in [0, 0.05) is 38.4 Å². The van der Waals surface area contributed by atoms with Gasteiger partial charge in [-0.25, -0.2) is 4.98 Å². The third kappa shape index (κ3) is 7.43. The van der Waals surface area contributed by atoms with Crippen LogP contribution in [0.25, 0.3) is 0 Å². The average Bonchev–Trinajstić information content (AvgIpc) is 3.05. The summed E-state index contributed by atoms with van der Waals surface area (Å²) in [7, 11) is 3.81. The highest BCUT2D eigenvalue weighted by molar-refractivity contribution is 4.99. The van der Waals surface area contributed by atoms with Crippen LogP contribution in [0.1, 0.15) is 5.69 Å². The Morgan fingerprint density at radius 1 is 0.895 bits per heavy atom. The normalized spacial score (nSPS) is 8.79. The van der Waals surface area contributed by atoms with E-state index in [0.717, 1.165) is 5.69 Å². The lowest BCUT2D eigenvalue weighted by molar-refractivity contribution is 0.910. The van der Waals surface area contributed by atoms with Crippen molar-refractivity contribution in [2.75, 3.05) is 0 Å². The van der Waals surface area contributed by atoms with E-state index < -0.39 is 0 Å². The lowest BCUT2D eigenvalue weighted by Crippen LogP contribution is -1.76. The first-order chi connectivity index (χ1) is 9.18. The highest BCUT2D eigenvalue weighted by Crippen LogP contribution is 1.86. The summed E-state index contributed by atoms with van der Waals surface area (Å²) >= 11 is 0. The zero-order chi connectivity index (χ0) is 13.9. The van der Waals surface area contributed by atoms with Crippen molar-refractivity contribution in [3.8, 4) is 0 Å². The van der Waals surface area contributed by atoms with Gasteiger partial charge >= 0.3 is 0 Å². The Morgan fingerprint density at radius 2 is 1.63 bits per heavy atom. The molecule has 0 aliphatic heterocycles. The van der Waals surface area contributed by atoms with Crippen LogP contribution >= 0.6 is 0 Å². The summed E-state index contributed by atoms with van der Waals surface area (Å²) in [6.07, 6.45) is 10.5. The molecule has 19 heavy (non-hydrogen) atoms.